The van der Waals surface area contributed by atoms with Gasteiger partial charge in [0.05, 0.1) is 12.2 Å². The number of hydrogen-bond donors (Lipinski definition) is 0. The first-order chi connectivity index (χ1) is 8.34. The molecule has 0 N–H and O–H groups in total. The molecule has 0 bridgehead atoms. The van der Waals surface area contributed by atoms with Gasteiger partial charge in [0, 0.05) is 12.1 Å². The van der Waals surface area contributed by atoms with E-state index in [1.807, 2.05) is 12.1 Å². The van der Waals surface area contributed by atoms with Gasteiger partial charge in [0.1, 0.15) is 6.61 Å². The van der Waals surface area contributed by atoms with E-state index >= 15 is 0 Å². The lowest BCUT2D eigenvalue weighted by atomic mass is 9.86. The maximum Gasteiger partial charge on any atom is 0.338 e. The highest BCUT2D eigenvalue weighted by Crippen LogP contribution is 2.26. The molecule has 0 saturated heterocycles. The van der Waals surface area contributed by atoms with Crippen LogP contribution in [0.3, 0.4) is 0 Å². The van der Waals surface area contributed by atoms with E-state index in [4.69, 9.17) is 21.1 Å². The van der Waals surface area contributed by atoms with E-state index in [0.29, 0.717) is 17.2 Å². The van der Waals surface area contributed by atoms with E-state index in [2.05, 4.69) is 20.8 Å². The van der Waals surface area contributed by atoms with Crippen LogP contribution in [0.25, 0.3) is 0 Å². The molecule has 100 valence electrons. The van der Waals surface area contributed by atoms with Crippen molar-refractivity contribution in [3.63, 3.8) is 0 Å². The van der Waals surface area contributed by atoms with Gasteiger partial charge in [0.15, 0.2) is 0 Å². The number of ether oxygens (including phenoxy) is 2. The SMILES string of the molecule is COCCOC(=O)c1cc(Cl)cc(C(C)(C)C)c1. The Bertz CT molecular complexity index is 422. The largest absolute Gasteiger partial charge is 0.460 e. The van der Waals surface area contributed by atoms with Crippen molar-refractivity contribution in [2.45, 2.75) is 26.2 Å². The summed E-state index contributed by atoms with van der Waals surface area (Å²) in [6.07, 6.45) is 0. The smallest absolute Gasteiger partial charge is 0.338 e. The van der Waals surface area contributed by atoms with Crippen molar-refractivity contribution in [3.05, 3.63) is 34.3 Å². The molecule has 0 aromatic heterocycles. The minimum atomic E-state index is -0.375. The normalized spacial score (nSPS) is 11.4. The van der Waals surface area contributed by atoms with Crippen LogP contribution in [0.5, 0.6) is 0 Å². The van der Waals surface area contributed by atoms with Gasteiger partial charge >= 0.3 is 5.97 Å². The van der Waals surface area contributed by atoms with Crippen LogP contribution in [0.4, 0.5) is 0 Å². The molecule has 18 heavy (non-hydrogen) atoms. The Hall–Kier alpha value is -1.06. The molecular weight excluding hydrogens is 252 g/mol. The molecule has 0 heterocycles. The maximum atomic E-state index is 11.8. The van der Waals surface area contributed by atoms with E-state index in [9.17, 15) is 4.79 Å². The van der Waals surface area contributed by atoms with Crippen LogP contribution in [0.1, 0.15) is 36.7 Å². The first-order valence-corrected chi connectivity index (χ1v) is 6.19. The minimum absolute atomic E-state index is 0.0630. The van der Waals surface area contributed by atoms with Gasteiger partial charge in [0.25, 0.3) is 0 Å². The number of carbonyl (C=O) groups excluding carboxylic acids is 1. The quantitative estimate of drug-likeness (QED) is 0.621. The molecule has 0 aliphatic rings. The van der Waals surface area contributed by atoms with Crippen molar-refractivity contribution in [1.82, 2.24) is 0 Å². The Morgan fingerprint density at radius 3 is 2.44 bits per heavy atom. The molecule has 0 amide bonds. The van der Waals surface area contributed by atoms with Gasteiger partial charge in [0.2, 0.25) is 0 Å². The lowest BCUT2D eigenvalue weighted by molar-refractivity contribution is 0.0388. The van der Waals surface area contributed by atoms with E-state index in [-0.39, 0.29) is 18.0 Å². The average Bonchev–Trinajstić information content (AvgIpc) is 2.27. The Morgan fingerprint density at radius 1 is 1.22 bits per heavy atom. The molecule has 1 rings (SSSR count). The monoisotopic (exact) mass is 270 g/mol. The summed E-state index contributed by atoms with van der Waals surface area (Å²) in [5.74, 6) is -0.375. The Morgan fingerprint density at radius 2 is 1.89 bits per heavy atom. The van der Waals surface area contributed by atoms with E-state index < -0.39 is 0 Å². The van der Waals surface area contributed by atoms with Crippen molar-refractivity contribution in [2.24, 2.45) is 0 Å². The van der Waals surface area contributed by atoms with Gasteiger partial charge in [-0.3, -0.25) is 0 Å². The highest BCUT2D eigenvalue weighted by atomic mass is 35.5. The van der Waals surface area contributed by atoms with Crippen molar-refractivity contribution >= 4 is 17.6 Å². The summed E-state index contributed by atoms with van der Waals surface area (Å²) >= 11 is 6.03. The number of benzene rings is 1. The van der Waals surface area contributed by atoms with Crippen molar-refractivity contribution in [1.29, 1.82) is 0 Å². The summed E-state index contributed by atoms with van der Waals surface area (Å²) in [6, 6.07) is 5.31. The Balaban J connectivity index is 2.89. The third-order valence-corrected chi connectivity index (χ3v) is 2.74. The number of hydrogen-bond acceptors (Lipinski definition) is 3. The molecule has 0 spiro atoms. The first-order valence-electron chi connectivity index (χ1n) is 5.81. The van der Waals surface area contributed by atoms with Crippen LogP contribution < -0.4 is 0 Å². The molecule has 0 radical (unpaired) electrons. The third kappa shape index (κ3) is 4.31. The standard InChI is InChI=1S/C14H19ClO3/c1-14(2,3)11-7-10(8-12(15)9-11)13(16)18-6-5-17-4/h7-9H,5-6H2,1-4H3. The average molecular weight is 271 g/mol. The van der Waals surface area contributed by atoms with Gasteiger partial charge in [-0.15, -0.1) is 0 Å². The van der Waals surface area contributed by atoms with Gasteiger partial charge < -0.3 is 9.47 Å². The number of halogens is 1. The van der Waals surface area contributed by atoms with Crippen LogP contribution >= 0.6 is 11.6 Å². The molecular formula is C14H19ClO3. The van der Waals surface area contributed by atoms with Gasteiger partial charge in [-0.05, 0) is 29.2 Å². The molecule has 0 atom stereocenters. The summed E-state index contributed by atoms with van der Waals surface area (Å²) in [4.78, 5) is 11.8. The number of esters is 1. The minimum Gasteiger partial charge on any atom is -0.460 e. The highest BCUT2D eigenvalue weighted by Gasteiger charge is 2.17. The molecule has 0 fully saturated rings. The molecule has 0 aliphatic carbocycles. The number of carbonyl (C=O) groups is 1. The summed E-state index contributed by atoms with van der Waals surface area (Å²) in [6.45, 7) is 6.83. The van der Waals surface area contributed by atoms with Crippen LogP contribution in [-0.2, 0) is 14.9 Å². The van der Waals surface area contributed by atoms with Crippen LogP contribution in [0.2, 0.25) is 5.02 Å². The van der Waals surface area contributed by atoms with E-state index in [1.165, 1.54) is 0 Å². The van der Waals surface area contributed by atoms with Crippen LogP contribution in [-0.4, -0.2) is 26.3 Å². The lowest BCUT2D eigenvalue weighted by Crippen LogP contribution is -2.14. The summed E-state index contributed by atoms with van der Waals surface area (Å²) in [7, 11) is 1.56. The first kappa shape index (κ1) is 15.0. The second kappa shape index (κ2) is 6.21. The molecule has 1 aromatic rings. The summed E-state index contributed by atoms with van der Waals surface area (Å²) in [5.41, 5.74) is 1.42. The molecule has 3 nitrogen and oxygen atoms in total. The lowest BCUT2D eigenvalue weighted by Gasteiger charge is -2.20. The van der Waals surface area contributed by atoms with Gasteiger partial charge in [-0.1, -0.05) is 32.4 Å². The molecule has 0 unspecified atom stereocenters. The number of rotatable bonds is 4. The fraction of sp³-hybridized carbons (Fsp3) is 0.500. The van der Waals surface area contributed by atoms with E-state index in [1.54, 1.807) is 13.2 Å². The zero-order chi connectivity index (χ0) is 13.8. The molecule has 4 heteroatoms. The molecule has 0 aliphatic heterocycles. The van der Waals surface area contributed by atoms with Crippen LogP contribution in [0.15, 0.2) is 18.2 Å². The van der Waals surface area contributed by atoms with Crippen LogP contribution in [0, 0.1) is 0 Å². The maximum absolute atomic E-state index is 11.8. The molecule has 0 saturated carbocycles. The third-order valence-electron chi connectivity index (χ3n) is 2.52. The predicted octanol–water partition coefficient (Wildman–Crippen LogP) is 3.44. The van der Waals surface area contributed by atoms with Crippen molar-refractivity contribution in [2.75, 3.05) is 20.3 Å². The summed E-state index contributed by atoms with van der Waals surface area (Å²) < 4.78 is 9.90. The fourth-order valence-electron chi connectivity index (χ4n) is 1.44. The van der Waals surface area contributed by atoms with Crippen molar-refractivity contribution in [3.8, 4) is 0 Å². The predicted molar refractivity (Wildman–Crippen MR) is 72.3 cm³/mol. The van der Waals surface area contributed by atoms with E-state index in [0.717, 1.165) is 5.56 Å². The Labute approximate surface area is 113 Å². The highest BCUT2D eigenvalue weighted by molar-refractivity contribution is 6.31. The van der Waals surface area contributed by atoms with Gasteiger partial charge in [-0.25, -0.2) is 4.79 Å². The van der Waals surface area contributed by atoms with Crippen molar-refractivity contribution < 1.29 is 14.3 Å². The number of methoxy groups -OCH3 is 1. The Kier molecular flexibility index (Phi) is 5.17. The second-order valence-electron chi connectivity index (χ2n) is 5.11. The fourth-order valence-corrected chi connectivity index (χ4v) is 1.68. The molecule has 1 aromatic carbocycles. The zero-order valence-electron chi connectivity index (χ0n) is 11.2. The summed E-state index contributed by atoms with van der Waals surface area (Å²) in [5, 5.41) is 0.543. The second-order valence-corrected chi connectivity index (χ2v) is 5.54. The topological polar surface area (TPSA) is 35.5 Å². The zero-order valence-corrected chi connectivity index (χ0v) is 12.0. The van der Waals surface area contributed by atoms with Gasteiger partial charge in [-0.2, -0.15) is 0 Å².